The van der Waals surface area contributed by atoms with Crippen LogP contribution >= 0.6 is 11.3 Å². The summed E-state index contributed by atoms with van der Waals surface area (Å²) in [7, 11) is 0. The zero-order valence-corrected chi connectivity index (χ0v) is 14.5. The van der Waals surface area contributed by atoms with Gasteiger partial charge in [0.05, 0.1) is 17.7 Å². The number of rotatable bonds is 5. The van der Waals surface area contributed by atoms with E-state index in [2.05, 4.69) is 37.1 Å². The molecule has 1 fully saturated rings. The molecule has 0 saturated carbocycles. The van der Waals surface area contributed by atoms with Crippen molar-refractivity contribution in [3.05, 3.63) is 35.2 Å². The predicted octanol–water partition coefficient (Wildman–Crippen LogP) is 2.33. The van der Waals surface area contributed by atoms with Crippen LogP contribution in [0.2, 0.25) is 0 Å². The smallest absolute Gasteiger partial charge is 0.162 e. The molecule has 4 rings (SSSR count). The standard InChI is InChI=1S/C16H21N7S/c1-12(8-14-9-18-11-24-14)22-7-6-19-16(22)15-10-23(21-20-15)13-2-4-17-5-3-13/h6-7,9-13,17H,2-5,8H2,1H3/t12-/m1/s1. The van der Waals surface area contributed by atoms with Gasteiger partial charge in [-0.05, 0) is 32.9 Å². The fraction of sp³-hybridized carbons (Fsp3) is 0.500. The Labute approximate surface area is 144 Å². The summed E-state index contributed by atoms with van der Waals surface area (Å²) in [6.45, 7) is 4.28. The molecule has 0 unspecified atom stereocenters. The molecule has 1 atom stereocenters. The molecule has 1 aliphatic heterocycles. The molecule has 8 heteroatoms. The Bertz CT molecular complexity index is 770. The summed E-state index contributed by atoms with van der Waals surface area (Å²) in [5.74, 6) is 0.882. The first kappa shape index (κ1) is 15.5. The van der Waals surface area contributed by atoms with E-state index < -0.39 is 0 Å². The number of imidazole rings is 1. The van der Waals surface area contributed by atoms with Crippen molar-refractivity contribution in [1.29, 1.82) is 0 Å². The van der Waals surface area contributed by atoms with E-state index >= 15 is 0 Å². The molecular weight excluding hydrogens is 322 g/mol. The zero-order valence-electron chi connectivity index (χ0n) is 13.7. The van der Waals surface area contributed by atoms with Gasteiger partial charge in [-0.3, -0.25) is 4.98 Å². The second-order valence-electron chi connectivity index (χ2n) is 6.24. The molecule has 0 spiro atoms. The van der Waals surface area contributed by atoms with Crippen molar-refractivity contribution in [3.8, 4) is 11.5 Å². The van der Waals surface area contributed by atoms with Gasteiger partial charge in [0, 0.05) is 35.9 Å². The van der Waals surface area contributed by atoms with Crippen molar-refractivity contribution < 1.29 is 0 Å². The van der Waals surface area contributed by atoms with E-state index in [0.29, 0.717) is 12.1 Å². The third kappa shape index (κ3) is 3.11. The van der Waals surface area contributed by atoms with E-state index in [9.17, 15) is 0 Å². The Hall–Kier alpha value is -2.06. The Morgan fingerprint density at radius 3 is 3.04 bits per heavy atom. The summed E-state index contributed by atoms with van der Waals surface area (Å²) in [6, 6.07) is 0.734. The van der Waals surface area contributed by atoms with Crippen LogP contribution in [0.3, 0.4) is 0 Å². The van der Waals surface area contributed by atoms with Crippen molar-refractivity contribution in [1.82, 2.24) is 34.8 Å². The summed E-state index contributed by atoms with van der Waals surface area (Å²) in [4.78, 5) is 9.95. The van der Waals surface area contributed by atoms with Gasteiger partial charge < -0.3 is 9.88 Å². The van der Waals surface area contributed by atoms with E-state index in [4.69, 9.17) is 0 Å². The van der Waals surface area contributed by atoms with Crippen LogP contribution in [0.5, 0.6) is 0 Å². The molecule has 4 heterocycles. The van der Waals surface area contributed by atoms with E-state index in [0.717, 1.165) is 43.9 Å². The first-order valence-electron chi connectivity index (χ1n) is 8.34. The minimum Gasteiger partial charge on any atom is -0.326 e. The molecule has 126 valence electrons. The van der Waals surface area contributed by atoms with Crippen LogP contribution in [0.1, 0.15) is 36.7 Å². The molecule has 0 aliphatic carbocycles. The molecule has 0 radical (unpaired) electrons. The van der Waals surface area contributed by atoms with Crippen LogP contribution in [0.15, 0.2) is 30.3 Å². The highest BCUT2D eigenvalue weighted by atomic mass is 32.1. The lowest BCUT2D eigenvalue weighted by molar-refractivity contribution is 0.337. The maximum Gasteiger partial charge on any atom is 0.162 e. The van der Waals surface area contributed by atoms with Crippen LogP contribution in [-0.2, 0) is 6.42 Å². The molecule has 3 aromatic heterocycles. The van der Waals surface area contributed by atoms with Gasteiger partial charge in [-0.25, -0.2) is 9.67 Å². The van der Waals surface area contributed by atoms with Gasteiger partial charge in [0.25, 0.3) is 0 Å². The van der Waals surface area contributed by atoms with Crippen molar-refractivity contribution in [2.45, 2.75) is 38.3 Å². The van der Waals surface area contributed by atoms with Crippen LogP contribution in [0.4, 0.5) is 0 Å². The first-order chi connectivity index (χ1) is 11.8. The summed E-state index contributed by atoms with van der Waals surface area (Å²) < 4.78 is 4.18. The lowest BCUT2D eigenvalue weighted by Gasteiger charge is -2.22. The van der Waals surface area contributed by atoms with Crippen molar-refractivity contribution in [2.75, 3.05) is 13.1 Å². The van der Waals surface area contributed by atoms with E-state index in [-0.39, 0.29) is 0 Å². The number of thiazole rings is 1. The maximum atomic E-state index is 4.52. The number of hydrogen-bond acceptors (Lipinski definition) is 6. The minimum atomic E-state index is 0.298. The Kier molecular flexibility index (Phi) is 4.40. The second kappa shape index (κ2) is 6.82. The fourth-order valence-electron chi connectivity index (χ4n) is 3.23. The van der Waals surface area contributed by atoms with Crippen LogP contribution < -0.4 is 5.32 Å². The highest BCUT2D eigenvalue weighted by Gasteiger charge is 2.19. The van der Waals surface area contributed by atoms with Crippen molar-refractivity contribution in [3.63, 3.8) is 0 Å². The van der Waals surface area contributed by atoms with E-state index in [1.807, 2.05) is 35.0 Å². The molecule has 3 aromatic rings. The van der Waals surface area contributed by atoms with Gasteiger partial charge in [0.1, 0.15) is 5.69 Å². The Morgan fingerprint density at radius 2 is 2.25 bits per heavy atom. The lowest BCUT2D eigenvalue weighted by atomic mass is 10.1. The lowest BCUT2D eigenvalue weighted by Crippen LogP contribution is -2.29. The number of nitrogens with one attached hydrogen (secondary N) is 1. The third-order valence-corrected chi connectivity index (χ3v) is 5.35. The van der Waals surface area contributed by atoms with E-state index in [1.165, 1.54) is 4.88 Å². The molecule has 0 bridgehead atoms. The topological polar surface area (TPSA) is 73.5 Å². The van der Waals surface area contributed by atoms with Gasteiger partial charge in [-0.1, -0.05) is 5.21 Å². The third-order valence-electron chi connectivity index (χ3n) is 4.55. The summed E-state index contributed by atoms with van der Waals surface area (Å²) in [5.41, 5.74) is 2.72. The van der Waals surface area contributed by atoms with Gasteiger partial charge in [0.2, 0.25) is 0 Å². The maximum absolute atomic E-state index is 4.52. The van der Waals surface area contributed by atoms with Crippen molar-refractivity contribution in [2.24, 2.45) is 0 Å². The number of piperidine rings is 1. The molecule has 1 aliphatic rings. The van der Waals surface area contributed by atoms with E-state index in [1.54, 1.807) is 11.3 Å². The summed E-state index contributed by atoms with van der Waals surface area (Å²) >= 11 is 1.69. The average molecular weight is 343 g/mol. The van der Waals surface area contributed by atoms with Gasteiger partial charge in [0.15, 0.2) is 5.82 Å². The van der Waals surface area contributed by atoms with Gasteiger partial charge in [-0.2, -0.15) is 0 Å². The minimum absolute atomic E-state index is 0.298. The zero-order chi connectivity index (χ0) is 16.4. The second-order valence-corrected chi connectivity index (χ2v) is 7.21. The normalized spacial score (nSPS) is 17.2. The summed E-state index contributed by atoms with van der Waals surface area (Å²) in [5, 5.41) is 12.1. The van der Waals surface area contributed by atoms with Crippen LogP contribution in [0.25, 0.3) is 11.5 Å². The Balaban J connectivity index is 1.54. The highest BCUT2D eigenvalue weighted by molar-refractivity contribution is 7.09. The fourth-order valence-corrected chi connectivity index (χ4v) is 3.94. The molecule has 1 saturated heterocycles. The quantitative estimate of drug-likeness (QED) is 0.770. The monoisotopic (exact) mass is 343 g/mol. The molecule has 7 nitrogen and oxygen atoms in total. The number of nitrogens with zero attached hydrogens (tertiary/aromatic N) is 6. The highest BCUT2D eigenvalue weighted by Crippen LogP contribution is 2.24. The number of hydrogen-bond donors (Lipinski definition) is 1. The summed E-state index contributed by atoms with van der Waals surface area (Å²) in [6.07, 6.45) is 11.0. The molecule has 0 aromatic carbocycles. The molecule has 24 heavy (non-hydrogen) atoms. The van der Waals surface area contributed by atoms with Gasteiger partial charge >= 0.3 is 0 Å². The average Bonchev–Trinajstić information content (AvgIpc) is 3.36. The largest absolute Gasteiger partial charge is 0.326 e. The van der Waals surface area contributed by atoms with Crippen LogP contribution in [-0.4, -0.2) is 42.6 Å². The van der Waals surface area contributed by atoms with Gasteiger partial charge in [-0.15, -0.1) is 16.4 Å². The van der Waals surface area contributed by atoms with Crippen molar-refractivity contribution >= 4 is 11.3 Å². The number of aromatic nitrogens is 6. The first-order valence-corrected chi connectivity index (χ1v) is 9.22. The molecular formula is C16H21N7S. The molecule has 0 amide bonds. The van der Waals surface area contributed by atoms with Crippen LogP contribution in [0, 0.1) is 0 Å². The SMILES string of the molecule is C[C@H](Cc1cncs1)n1ccnc1-c1cn(C2CCNCC2)nn1. The molecule has 1 N–H and O–H groups in total. The Morgan fingerprint density at radius 1 is 1.38 bits per heavy atom. The predicted molar refractivity (Wildman–Crippen MR) is 92.9 cm³/mol.